The van der Waals surface area contributed by atoms with Crippen molar-refractivity contribution in [3.63, 3.8) is 0 Å². The number of aryl methyl sites for hydroxylation is 1. The molecule has 0 saturated heterocycles. The van der Waals surface area contributed by atoms with Crippen LogP contribution in [0.5, 0.6) is 0 Å². The van der Waals surface area contributed by atoms with Gasteiger partial charge in [-0.1, -0.05) is 35.5 Å². The Morgan fingerprint density at radius 3 is 2.65 bits per heavy atom. The number of fused-ring (bicyclic) bond motifs is 1. The van der Waals surface area contributed by atoms with Crippen molar-refractivity contribution >= 4 is 44.1 Å². The second-order valence-corrected chi connectivity index (χ2v) is 9.77. The topological polar surface area (TPSA) is 69.0 Å². The molecule has 0 radical (unpaired) electrons. The summed E-state index contributed by atoms with van der Waals surface area (Å²) in [4.78, 5) is 17.6. The Kier molecular flexibility index (Phi) is 5.41. The first-order valence-electron chi connectivity index (χ1n) is 7.84. The average Bonchev–Trinajstić information content (AvgIpc) is 2.53. The fourth-order valence-electron chi connectivity index (χ4n) is 2.51. The SMILES string of the molecule is Cc1cccc(-n2c(SCCS(C)(=O)=O)nc3cc(Cl)ccc3c2=O)c1. The van der Waals surface area contributed by atoms with Crippen LogP contribution in [0.15, 0.2) is 52.4 Å². The van der Waals surface area contributed by atoms with E-state index in [1.165, 1.54) is 22.6 Å². The molecule has 26 heavy (non-hydrogen) atoms. The molecule has 0 fully saturated rings. The van der Waals surface area contributed by atoms with Crippen LogP contribution in [-0.2, 0) is 9.84 Å². The summed E-state index contributed by atoms with van der Waals surface area (Å²) in [6.45, 7) is 1.94. The number of nitrogens with zero attached hydrogens (tertiary/aromatic N) is 2. The van der Waals surface area contributed by atoms with Gasteiger partial charge in [-0.15, -0.1) is 0 Å². The van der Waals surface area contributed by atoms with Crippen LogP contribution in [0.2, 0.25) is 5.02 Å². The predicted octanol–water partition coefficient (Wildman–Crippen LogP) is 3.48. The highest BCUT2D eigenvalue weighted by Gasteiger charge is 2.15. The first-order chi connectivity index (χ1) is 12.2. The molecule has 8 heteroatoms. The van der Waals surface area contributed by atoms with E-state index < -0.39 is 9.84 Å². The van der Waals surface area contributed by atoms with Gasteiger partial charge in [0, 0.05) is 17.0 Å². The molecule has 0 aliphatic rings. The van der Waals surface area contributed by atoms with Gasteiger partial charge < -0.3 is 0 Å². The third-order valence-corrected chi connectivity index (χ3v) is 6.13. The Morgan fingerprint density at radius 2 is 1.96 bits per heavy atom. The van der Waals surface area contributed by atoms with Crippen LogP contribution >= 0.6 is 23.4 Å². The summed E-state index contributed by atoms with van der Waals surface area (Å²) in [6.07, 6.45) is 1.19. The summed E-state index contributed by atoms with van der Waals surface area (Å²) in [7, 11) is -3.09. The summed E-state index contributed by atoms with van der Waals surface area (Å²) in [6, 6.07) is 12.5. The lowest BCUT2D eigenvalue weighted by atomic mass is 10.2. The Balaban J connectivity index is 2.18. The maximum absolute atomic E-state index is 13.1. The lowest BCUT2D eigenvalue weighted by Crippen LogP contribution is -2.22. The molecule has 0 amide bonds. The van der Waals surface area contributed by atoms with Crippen LogP contribution < -0.4 is 5.56 Å². The normalized spacial score (nSPS) is 11.8. The summed E-state index contributed by atoms with van der Waals surface area (Å²) >= 11 is 7.27. The number of halogens is 1. The van der Waals surface area contributed by atoms with Gasteiger partial charge in [0.15, 0.2) is 5.16 Å². The van der Waals surface area contributed by atoms with Gasteiger partial charge in [0.25, 0.3) is 5.56 Å². The van der Waals surface area contributed by atoms with Crippen LogP contribution in [0.1, 0.15) is 5.56 Å². The third kappa shape index (κ3) is 4.28. The van der Waals surface area contributed by atoms with Crippen molar-refractivity contribution in [3.8, 4) is 5.69 Å². The molecule has 3 aromatic rings. The van der Waals surface area contributed by atoms with Crippen molar-refractivity contribution < 1.29 is 8.42 Å². The van der Waals surface area contributed by atoms with Gasteiger partial charge in [0.2, 0.25) is 0 Å². The molecule has 2 aromatic carbocycles. The fraction of sp³-hybridized carbons (Fsp3) is 0.222. The molecule has 136 valence electrons. The molecular formula is C18H17ClN2O3S2. The molecule has 1 heterocycles. The van der Waals surface area contributed by atoms with Gasteiger partial charge in [-0.2, -0.15) is 0 Å². The van der Waals surface area contributed by atoms with E-state index in [0.29, 0.717) is 32.5 Å². The van der Waals surface area contributed by atoms with E-state index in [1.54, 1.807) is 18.2 Å². The van der Waals surface area contributed by atoms with E-state index in [2.05, 4.69) is 4.98 Å². The van der Waals surface area contributed by atoms with Crippen molar-refractivity contribution in [1.29, 1.82) is 0 Å². The number of benzene rings is 2. The minimum Gasteiger partial charge on any atom is -0.268 e. The van der Waals surface area contributed by atoms with E-state index in [-0.39, 0.29) is 11.3 Å². The number of sulfone groups is 1. The summed E-state index contributed by atoms with van der Waals surface area (Å²) in [5.74, 6) is 0.318. The van der Waals surface area contributed by atoms with Crippen molar-refractivity contribution in [3.05, 3.63) is 63.4 Å². The van der Waals surface area contributed by atoms with E-state index in [0.717, 1.165) is 5.56 Å². The minimum absolute atomic E-state index is 0.00887. The second-order valence-electron chi connectivity index (χ2n) is 6.01. The Morgan fingerprint density at radius 1 is 1.19 bits per heavy atom. The van der Waals surface area contributed by atoms with Crippen LogP contribution in [0, 0.1) is 6.92 Å². The van der Waals surface area contributed by atoms with Gasteiger partial charge in [0.05, 0.1) is 22.3 Å². The monoisotopic (exact) mass is 408 g/mol. The largest absolute Gasteiger partial charge is 0.268 e. The lowest BCUT2D eigenvalue weighted by molar-refractivity contribution is 0.603. The minimum atomic E-state index is -3.09. The number of rotatable bonds is 5. The first-order valence-corrected chi connectivity index (χ1v) is 11.3. The maximum atomic E-state index is 13.1. The molecule has 0 aliphatic carbocycles. The predicted molar refractivity (Wildman–Crippen MR) is 108 cm³/mol. The van der Waals surface area contributed by atoms with E-state index in [1.807, 2.05) is 31.2 Å². The van der Waals surface area contributed by atoms with Gasteiger partial charge in [0.1, 0.15) is 9.84 Å². The zero-order chi connectivity index (χ0) is 18.9. The van der Waals surface area contributed by atoms with E-state index in [9.17, 15) is 13.2 Å². The summed E-state index contributed by atoms with van der Waals surface area (Å²) in [5.41, 5.74) is 1.99. The quantitative estimate of drug-likeness (QED) is 0.477. The molecular weight excluding hydrogens is 392 g/mol. The molecule has 1 aromatic heterocycles. The lowest BCUT2D eigenvalue weighted by Gasteiger charge is -2.13. The molecule has 3 rings (SSSR count). The highest BCUT2D eigenvalue weighted by molar-refractivity contribution is 8.00. The summed E-state index contributed by atoms with van der Waals surface area (Å²) < 4.78 is 24.4. The molecule has 0 atom stereocenters. The highest BCUT2D eigenvalue weighted by Crippen LogP contribution is 2.23. The van der Waals surface area contributed by atoms with Gasteiger partial charge >= 0.3 is 0 Å². The van der Waals surface area contributed by atoms with Gasteiger partial charge in [-0.3, -0.25) is 9.36 Å². The highest BCUT2D eigenvalue weighted by atomic mass is 35.5. The van der Waals surface area contributed by atoms with E-state index in [4.69, 9.17) is 11.6 Å². The van der Waals surface area contributed by atoms with Crippen molar-refractivity contribution in [1.82, 2.24) is 9.55 Å². The zero-order valence-corrected chi connectivity index (χ0v) is 16.7. The van der Waals surface area contributed by atoms with Crippen molar-refractivity contribution in [2.45, 2.75) is 12.1 Å². The second kappa shape index (κ2) is 7.42. The molecule has 0 spiro atoms. The van der Waals surface area contributed by atoms with Gasteiger partial charge in [-0.25, -0.2) is 13.4 Å². The Hall–Kier alpha value is -1.83. The Labute approximate surface area is 160 Å². The zero-order valence-electron chi connectivity index (χ0n) is 14.3. The number of thioether (sulfide) groups is 1. The molecule has 0 aliphatic heterocycles. The third-order valence-electron chi connectivity index (χ3n) is 3.75. The van der Waals surface area contributed by atoms with Crippen LogP contribution in [0.25, 0.3) is 16.6 Å². The van der Waals surface area contributed by atoms with Crippen LogP contribution in [0.4, 0.5) is 0 Å². The van der Waals surface area contributed by atoms with E-state index >= 15 is 0 Å². The average molecular weight is 409 g/mol. The van der Waals surface area contributed by atoms with Gasteiger partial charge in [-0.05, 0) is 42.8 Å². The first kappa shape index (κ1) is 18.9. The smallest absolute Gasteiger partial charge is 0.266 e. The van der Waals surface area contributed by atoms with Crippen LogP contribution in [0.3, 0.4) is 0 Å². The standard InChI is InChI=1S/C18H17ClN2O3S2/c1-12-4-3-5-14(10-12)21-17(22)15-7-6-13(19)11-16(15)20-18(21)25-8-9-26(2,23)24/h3-7,10-11H,8-9H2,1-2H3. The Bertz CT molecular complexity index is 1140. The summed E-state index contributed by atoms with van der Waals surface area (Å²) in [5, 5.41) is 1.40. The molecule has 5 nitrogen and oxygen atoms in total. The molecule has 0 saturated carbocycles. The molecule has 0 unspecified atom stereocenters. The maximum Gasteiger partial charge on any atom is 0.266 e. The number of hydrogen-bond donors (Lipinski definition) is 0. The fourth-order valence-corrected chi connectivity index (χ4v) is 4.89. The van der Waals surface area contributed by atoms with Crippen molar-refractivity contribution in [2.24, 2.45) is 0 Å². The molecule has 0 N–H and O–H groups in total. The van der Waals surface area contributed by atoms with Crippen LogP contribution in [-0.4, -0.2) is 35.7 Å². The number of aromatic nitrogens is 2. The van der Waals surface area contributed by atoms with Crippen molar-refractivity contribution in [2.75, 3.05) is 17.8 Å². The number of hydrogen-bond acceptors (Lipinski definition) is 5. The molecule has 0 bridgehead atoms.